The number of aliphatic carboxylic acids is 1. The van der Waals surface area contributed by atoms with Gasteiger partial charge in [-0.25, -0.2) is 4.79 Å². The van der Waals surface area contributed by atoms with Crippen molar-refractivity contribution in [2.45, 2.75) is 18.4 Å². The number of rotatable bonds is 8. The Morgan fingerprint density at radius 3 is 2.09 bits per heavy atom. The molecule has 4 aromatic rings. The number of carboxylic acid groups (broad SMARTS) is 1. The summed E-state index contributed by atoms with van der Waals surface area (Å²) in [6.07, 6.45) is 1.75. The van der Waals surface area contributed by atoms with E-state index in [1.54, 1.807) is 30.3 Å². The lowest BCUT2D eigenvalue weighted by Crippen LogP contribution is -2.31. The summed E-state index contributed by atoms with van der Waals surface area (Å²) in [5.74, 6) is -0.554. The molecule has 4 aromatic carbocycles. The summed E-state index contributed by atoms with van der Waals surface area (Å²) in [7, 11) is 0. The van der Waals surface area contributed by atoms with E-state index in [0.29, 0.717) is 34.6 Å². The van der Waals surface area contributed by atoms with E-state index in [-0.39, 0.29) is 5.57 Å². The van der Waals surface area contributed by atoms with Gasteiger partial charge in [0.15, 0.2) is 0 Å². The zero-order chi connectivity index (χ0) is 24.3. The number of aryl methyl sites for hydroxylation is 1. The Labute approximate surface area is 204 Å². The number of carboxylic acids is 1. The summed E-state index contributed by atoms with van der Waals surface area (Å²) in [5, 5.41) is 22.4. The molecule has 0 saturated carbocycles. The largest absolute Gasteiger partial charge is 0.494 e. The van der Waals surface area contributed by atoms with Crippen LogP contribution in [0.15, 0.2) is 115 Å². The van der Waals surface area contributed by atoms with Crippen molar-refractivity contribution < 1.29 is 19.7 Å². The van der Waals surface area contributed by atoms with Crippen molar-refractivity contribution in [3.05, 3.63) is 143 Å². The fourth-order valence-corrected chi connectivity index (χ4v) is 4.84. The topological polar surface area (TPSA) is 66.8 Å². The molecule has 35 heavy (non-hydrogen) atoms. The summed E-state index contributed by atoms with van der Waals surface area (Å²) >= 11 is 0. The predicted molar refractivity (Wildman–Crippen MR) is 136 cm³/mol. The van der Waals surface area contributed by atoms with Crippen molar-refractivity contribution in [3.63, 3.8) is 0 Å². The molecule has 0 spiro atoms. The lowest BCUT2D eigenvalue weighted by atomic mass is 9.83. The van der Waals surface area contributed by atoms with Crippen molar-refractivity contribution in [1.82, 2.24) is 0 Å². The Balaban J connectivity index is 1.53. The minimum atomic E-state index is -1.81. The molecule has 174 valence electrons. The van der Waals surface area contributed by atoms with Gasteiger partial charge in [-0.2, -0.15) is 0 Å². The van der Waals surface area contributed by atoms with Crippen LogP contribution in [0.5, 0.6) is 5.75 Å². The summed E-state index contributed by atoms with van der Waals surface area (Å²) < 4.78 is 6.04. The fraction of sp³-hybridized carbons (Fsp3) is 0.129. The van der Waals surface area contributed by atoms with Crippen LogP contribution >= 0.6 is 0 Å². The number of benzene rings is 4. The number of hydrogen-bond donors (Lipinski definition) is 2. The van der Waals surface area contributed by atoms with Gasteiger partial charge in [-0.1, -0.05) is 97.1 Å². The Morgan fingerprint density at radius 1 is 0.800 bits per heavy atom. The number of carbonyl (C=O) groups is 1. The van der Waals surface area contributed by atoms with Gasteiger partial charge >= 0.3 is 5.97 Å². The van der Waals surface area contributed by atoms with Gasteiger partial charge in [0.25, 0.3) is 0 Å². The molecule has 1 unspecified atom stereocenters. The molecule has 0 amide bonds. The second kappa shape index (κ2) is 9.61. The van der Waals surface area contributed by atoms with Crippen LogP contribution in [0.4, 0.5) is 0 Å². The SMILES string of the molecule is O=C(O)C1=C(c2ccccc2)c2ccc(OCCCc3ccccc3)cc2C1(O)c1ccccc1. The summed E-state index contributed by atoms with van der Waals surface area (Å²) in [6, 6.07) is 34.1. The van der Waals surface area contributed by atoms with Crippen LogP contribution in [0.2, 0.25) is 0 Å². The number of ether oxygens (including phenoxy) is 1. The highest BCUT2D eigenvalue weighted by Crippen LogP contribution is 2.51. The molecule has 5 rings (SSSR count). The summed E-state index contributed by atoms with van der Waals surface area (Å²) in [6.45, 7) is 0.516. The summed E-state index contributed by atoms with van der Waals surface area (Å²) in [4.78, 5) is 12.6. The fourth-order valence-electron chi connectivity index (χ4n) is 4.84. The second-order valence-electron chi connectivity index (χ2n) is 8.64. The molecule has 0 aromatic heterocycles. The molecule has 2 N–H and O–H groups in total. The molecule has 0 saturated heterocycles. The summed E-state index contributed by atoms with van der Waals surface area (Å²) in [5.41, 5.74) is 2.38. The Morgan fingerprint density at radius 2 is 1.43 bits per heavy atom. The molecule has 4 heteroatoms. The van der Waals surface area contributed by atoms with Crippen molar-refractivity contribution in [2.75, 3.05) is 6.61 Å². The molecular weight excluding hydrogens is 436 g/mol. The third-order valence-corrected chi connectivity index (χ3v) is 6.45. The van der Waals surface area contributed by atoms with Crippen molar-refractivity contribution in [2.24, 2.45) is 0 Å². The van der Waals surface area contributed by atoms with Crippen LogP contribution in [0.3, 0.4) is 0 Å². The standard InChI is InChI=1S/C31H26O4/c32-30(33)29-28(23-14-6-2-7-15-23)26-19-18-25(35-20-10-13-22-11-4-1-5-12-22)21-27(26)31(29,34)24-16-8-3-9-17-24/h1-9,11-12,14-19,21,34H,10,13,20H2,(H,32,33). The average molecular weight is 463 g/mol. The predicted octanol–water partition coefficient (Wildman–Crippen LogP) is 5.83. The van der Waals surface area contributed by atoms with Gasteiger partial charge in [0.1, 0.15) is 11.4 Å². The highest BCUT2D eigenvalue weighted by Gasteiger charge is 2.49. The monoisotopic (exact) mass is 462 g/mol. The highest BCUT2D eigenvalue weighted by atomic mass is 16.5. The van der Waals surface area contributed by atoms with Crippen LogP contribution in [-0.2, 0) is 16.8 Å². The first-order valence-corrected chi connectivity index (χ1v) is 11.7. The molecule has 4 nitrogen and oxygen atoms in total. The maximum Gasteiger partial charge on any atom is 0.335 e. The third kappa shape index (κ3) is 4.25. The van der Waals surface area contributed by atoms with Crippen molar-refractivity contribution in [3.8, 4) is 5.75 Å². The van der Waals surface area contributed by atoms with E-state index in [9.17, 15) is 15.0 Å². The van der Waals surface area contributed by atoms with Gasteiger partial charge in [-0.15, -0.1) is 0 Å². The minimum Gasteiger partial charge on any atom is -0.494 e. The van der Waals surface area contributed by atoms with E-state index in [1.807, 2.05) is 66.7 Å². The number of hydrogen-bond acceptors (Lipinski definition) is 3. The van der Waals surface area contributed by atoms with Crippen LogP contribution in [-0.4, -0.2) is 22.8 Å². The molecule has 1 atom stereocenters. The molecule has 1 aliphatic rings. The highest BCUT2D eigenvalue weighted by molar-refractivity contribution is 6.07. The van der Waals surface area contributed by atoms with Crippen LogP contribution in [0, 0.1) is 0 Å². The minimum absolute atomic E-state index is 0.0499. The zero-order valence-electron chi connectivity index (χ0n) is 19.2. The molecule has 0 fully saturated rings. The second-order valence-corrected chi connectivity index (χ2v) is 8.64. The van der Waals surface area contributed by atoms with Crippen LogP contribution in [0.25, 0.3) is 5.57 Å². The molecule has 0 bridgehead atoms. The first-order valence-electron chi connectivity index (χ1n) is 11.7. The smallest absolute Gasteiger partial charge is 0.335 e. The normalized spacial score (nSPS) is 16.7. The van der Waals surface area contributed by atoms with E-state index in [2.05, 4.69) is 12.1 Å². The lowest BCUT2D eigenvalue weighted by molar-refractivity contribution is -0.134. The van der Waals surface area contributed by atoms with Gasteiger partial charge in [0.2, 0.25) is 0 Å². The quantitative estimate of drug-likeness (QED) is 0.323. The van der Waals surface area contributed by atoms with Gasteiger partial charge in [0, 0.05) is 11.1 Å². The molecule has 0 heterocycles. The van der Waals surface area contributed by atoms with Gasteiger partial charge < -0.3 is 14.9 Å². The van der Waals surface area contributed by atoms with E-state index >= 15 is 0 Å². The molecule has 1 aliphatic carbocycles. The average Bonchev–Trinajstić information content (AvgIpc) is 3.18. The van der Waals surface area contributed by atoms with Crippen LogP contribution < -0.4 is 4.74 Å². The Hall–Kier alpha value is -4.15. The molecule has 0 aliphatic heterocycles. The number of aliphatic hydroxyl groups is 1. The van der Waals surface area contributed by atoms with E-state index in [1.165, 1.54) is 5.56 Å². The van der Waals surface area contributed by atoms with Gasteiger partial charge in [-0.05, 0) is 47.2 Å². The first kappa shape index (κ1) is 22.6. The third-order valence-electron chi connectivity index (χ3n) is 6.45. The van der Waals surface area contributed by atoms with E-state index < -0.39 is 11.6 Å². The van der Waals surface area contributed by atoms with E-state index in [0.717, 1.165) is 18.4 Å². The number of fused-ring (bicyclic) bond motifs is 1. The van der Waals surface area contributed by atoms with Gasteiger partial charge in [-0.3, -0.25) is 0 Å². The zero-order valence-corrected chi connectivity index (χ0v) is 19.2. The van der Waals surface area contributed by atoms with E-state index in [4.69, 9.17) is 4.74 Å². The Kier molecular flexibility index (Phi) is 6.21. The Bertz CT molecular complexity index is 1360. The lowest BCUT2D eigenvalue weighted by Gasteiger charge is -2.27. The molecule has 0 radical (unpaired) electrons. The maximum atomic E-state index is 12.6. The van der Waals surface area contributed by atoms with Gasteiger partial charge in [0.05, 0.1) is 12.2 Å². The first-order chi connectivity index (χ1) is 17.1. The maximum absolute atomic E-state index is 12.6. The van der Waals surface area contributed by atoms with Crippen LogP contribution in [0.1, 0.15) is 34.2 Å². The van der Waals surface area contributed by atoms with Crippen molar-refractivity contribution >= 4 is 11.5 Å². The van der Waals surface area contributed by atoms with Crippen molar-refractivity contribution in [1.29, 1.82) is 0 Å². The molecular formula is C31H26O4.